The van der Waals surface area contributed by atoms with Crippen molar-refractivity contribution < 1.29 is 23.1 Å². The number of amides is 1. The lowest BCUT2D eigenvalue weighted by atomic mass is 10.1. The van der Waals surface area contributed by atoms with Crippen LogP contribution in [0.1, 0.15) is 17.3 Å². The van der Waals surface area contributed by atoms with E-state index < -0.39 is 27.0 Å². The normalized spacial score (nSPS) is 12.8. The fraction of sp³-hybridized carbons (Fsp3) is 0.333. The molecule has 1 rings (SSSR count). The number of rotatable bonds is 4. The summed E-state index contributed by atoms with van der Waals surface area (Å²) in [5, 5.41) is 7.62. The Morgan fingerprint density at radius 3 is 2.30 bits per heavy atom. The minimum Gasteiger partial charge on any atom is -0.478 e. The second-order valence-corrected chi connectivity index (χ2v) is 6.81. The quantitative estimate of drug-likeness (QED) is 0.775. The first-order valence-corrected chi connectivity index (χ1v) is 7.60. The lowest BCUT2D eigenvalue weighted by molar-refractivity contribution is -0.117. The summed E-state index contributed by atoms with van der Waals surface area (Å²) in [6.45, 7) is 1.29. The maximum atomic E-state index is 12.0. The Labute approximate surface area is 116 Å². The van der Waals surface area contributed by atoms with Crippen molar-refractivity contribution in [2.24, 2.45) is 0 Å². The van der Waals surface area contributed by atoms with E-state index in [-0.39, 0.29) is 16.9 Å². The zero-order valence-corrected chi connectivity index (χ0v) is 12.1. The molecule has 1 atom stereocenters. The van der Waals surface area contributed by atoms with Crippen molar-refractivity contribution in [3.8, 4) is 0 Å². The molecule has 7 nitrogen and oxygen atoms in total. The highest BCUT2D eigenvalue weighted by Gasteiger charge is 2.28. The van der Waals surface area contributed by atoms with E-state index >= 15 is 0 Å². The third-order valence-electron chi connectivity index (χ3n) is 2.96. The fourth-order valence-corrected chi connectivity index (χ4v) is 2.09. The Kier molecular flexibility index (Phi) is 4.39. The van der Waals surface area contributed by atoms with Gasteiger partial charge in [-0.2, -0.15) is 0 Å². The maximum absolute atomic E-state index is 12.0. The fourth-order valence-electron chi connectivity index (χ4n) is 1.57. The maximum Gasteiger partial charge on any atom is 0.335 e. The van der Waals surface area contributed by atoms with Crippen LogP contribution in [0.25, 0.3) is 0 Å². The molecule has 0 aliphatic heterocycles. The molecule has 0 radical (unpaired) electrons. The van der Waals surface area contributed by atoms with Crippen LogP contribution >= 0.6 is 0 Å². The summed E-state index contributed by atoms with van der Waals surface area (Å²) in [4.78, 5) is 23.9. The average Bonchev–Trinajstić information content (AvgIpc) is 2.34. The minimum absolute atomic E-state index is 0.0109. The number of carboxylic acids is 1. The molecule has 0 aliphatic carbocycles. The van der Waals surface area contributed by atoms with Crippen molar-refractivity contribution in [2.75, 3.05) is 23.9 Å². The van der Waals surface area contributed by atoms with Crippen molar-refractivity contribution >= 4 is 33.1 Å². The second-order valence-electron chi connectivity index (χ2n) is 4.45. The molecule has 0 fully saturated rings. The molecule has 0 bridgehead atoms. The number of nitrogens with two attached hydrogens (primary N) is 1. The van der Waals surface area contributed by atoms with Gasteiger partial charge in [0.05, 0.1) is 16.9 Å². The molecule has 110 valence electrons. The number of carbonyl (C=O) groups excluding carboxylic acids is 1. The van der Waals surface area contributed by atoms with Crippen molar-refractivity contribution in [1.29, 1.82) is 0 Å². The summed E-state index contributed by atoms with van der Waals surface area (Å²) < 4.78 is 22.8. The van der Waals surface area contributed by atoms with Crippen molar-refractivity contribution in [1.82, 2.24) is 0 Å². The van der Waals surface area contributed by atoms with Crippen LogP contribution in [0.15, 0.2) is 18.2 Å². The molecular weight excluding hydrogens is 284 g/mol. The molecule has 0 spiro atoms. The SMILES string of the molecule is CC(C(=O)N(C)c1ccc(C(=O)O)cc1N)S(C)(=O)=O. The van der Waals surface area contributed by atoms with Crippen LogP contribution in [0.4, 0.5) is 11.4 Å². The second kappa shape index (κ2) is 5.49. The predicted molar refractivity (Wildman–Crippen MR) is 75.5 cm³/mol. The first kappa shape index (κ1) is 16.0. The van der Waals surface area contributed by atoms with E-state index in [1.54, 1.807) is 0 Å². The molecule has 1 amide bonds. The summed E-state index contributed by atoms with van der Waals surface area (Å²) in [6, 6.07) is 3.88. The smallest absolute Gasteiger partial charge is 0.335 e. The van der Waals surface area contributed by atoms with Gasteiger partial charge in [0.1, 0.15) is 5.25 Å². The number of carboxylic acid groups (broad SMARTS) is 1. The van der Waals surface area contributed by atoms with Gasteiger partial charge in [-0.3, -0.25) is 4.79 Å². The zero-order chi connectivity index (χ0) is 15.7. The highest BCUT2D eigenvalue weighted by Crippen LogP contribution is 2.24. The molecule has 8 heteroatoms. The average molecular weight is 300 g/mol. The van der Waals surface area contributed by atoms with E-state index in [1.165, 1.54) is 32.2 Å². The van der Waals surface area contributed by atoms with Gasteiger partial charge in [0, 0.05) is 13.3 Å². The van der Waals surface area contributed by atoms with E-state index in [2.05, 4.69) is 0 Å². The highest BCUT2D eigenvalue weighted by molar-refractivity contribution is 7.92. The van der Waals surface area contributed by atoms with E-state index in [1.807, 2.05) is 0 Å². The monoisotopic (exact) mass is 300 g/mol. The van der Waals surface area contributed by atoms with Crippen LogP contribution < -0.4 is 10.6 Å². The number of hydrogen-bond donors (Lipinski definition) is 2. The molecule has 20 heavy (non-hydrogen) atoms. The van der Waals surface area contributed by atoms with Gasteiger partial charge in [-0.15, -0.1) is 0 Å². The van der Waals surface area contributed by atoms with Gasteiger partial charge in [0.15, 0.2) is 9.84 Å². The van der Waals surface area contributed by atoms with Crippen LogP contribution in [0.3, 0.4) is 0 Å². The molecule has 0 saturated carbocycles. The summed E-state index contributed by atoms with van der Waals surface area (Å²) in [5.41, 5.74) is 6.03. The molecule has 1 aromatic carbocycles. The third kappa shape index (κ3) is 3.27. The van der Waals surface area contributed by atoms with Gasteiger partial charge >= 0.3 is 5.97 Å². The largest absolute Gasteiger partial charge is 0.478 e. The molecule has 0 heterocycles. The Morgan fingerprint density at radius 1 is 1.35 bits per heavy atom. The number of sulfone groups is 1. The molecule has 1 aromatic rings. The van der Waals surface area contributed by atoms with E-state index in [4.69, 9.17) is 10.8 Å². The van der Waals surface area contributed by atoms with Crippen LogP contribution in [-0.4, -0.2) is 44.0 Å². The van der Waals surface area contributed by atoms with Crippen LogP contribution in [0.5, 0.6) is 0 Å². The molecule has 0 saturated heterocycles. The molecular formula is C12H16N2O5S. The first-order valence-electron chi connectivity index (χ1n) is 5.65. The van der Waals surface area contributed by atoms with Crippen molar-refractivity contribution in [3.63, 3.8) is 0 Å². The van der Waals surface area contributed by atoms with Crippen LogP contribution in [0.2, 0.25) is 0 Å². The first-order chi connectivity index (χ1) is 9.05. The number of benzene rings is 1. The molecule has 0 aromatic heterocycles. The number of hydrogen-bond acceptors (Lipinski definition) is 5. The van der Waals surface area contributed by atoms with Crippen molar-refractivity contribution in [3.05, 3.63) is 23.8 Å². The van der Waals surface area contributed by atoms with Crippen LogP contribution in [-0.2, 0) is 14.6 Å². The number of aromatic carboxylic acids is 1. The summed E-state index contributed by atoms with van der Waals surface area (Å²) in [6.07, 6.45) is 0.973. The van der Waals surface area contributed by atoms with E-state index in [0.717, 1.165) is 11.2 Å². The summed E-state index contributed by atoms with van der Waals surface area (Å²) in [5.74, 6) is -1.77. The van der Waals surface area contributed by atoms with Gasteiger partial charge < -0.3 is 15.7 Å². The number of anilines is 2. The molecule has 1 unspecified atom stereocenters. The van der Waals surface area contributed by atoms with Gasteiger partial charge in [-0.1, -0.05) is 0 Å². The summed E-state index contributed by atoms with van der Waals surface area (Å²) in [7, 11) is -2.13. The van der Waals surface area contributed by atoms with E-state index in [0.29, 0.717) is 0 Å². The van der Waals surface area contributed by atoms with E-state index in [9.17, 15) is 18.0 Å². The third-order valence-corrected chi connectivity index (χ3v) is 4.44. The Balaban J connectivity index is 3.13. The Morgan fingerprint density at radius 2 is 1.90 bits per heavy atom. The Hall–Kier alpha value is -2.09. The van der Waals surface area contributed by atoms with Gasteiger partial charge in [-0.25, -0.2) is 13.2 Å². The zero-order valence-electron chi connectivity index (χ0n) is 11.3. The Bertz CT molecular complexity index is 654. The number of carbonyl (C=O) groups is 2. The lowest BCUT2D eigenvalue weighted by Gasteiger charge is -2.22. The van der Waals surface area contributed by atoms with Crippen LogP contribution in [0, 0.1) is 0 Å². The van der Waals surface area contributed by atoms with Gasteiger partial charge in [0.2, 0.25) is 5.91 Å². The lowest BCUT2D eigenvalue weighted by Crippen LogP contribution is -2.39. The number of nitrogen functional groups attached to an aromatic ring is 1. The predicted octanol–water partition coefficient (Wildman–Crippen LogP) is 0.363. The standard InChI is InChI=1S/C12H16N2O5S/c1-7(20(3,18)19)11(15)14(2)10-5-4-8(12(16)17)6-9(10)13/h4-7H,13H2,1-3H3,(H,16,17). The number of nitrogens with zero attached hydrogens (tertiary/aromatic N) is 1. The highest BCUT2D eigenvalue weighted by atomic mass is 32.2. The van der Waals surface area contributed by atoms with Crippen molar-refractivity contribution in [2.45, 2.75) is 12.2 Å². The summed E-state index contributed by atoms with van der Waals surface area (Å²) >= 11 is 0. The topological polar surface area (TPSA) is 118 Å². The minimum atomic E-state index is -3.52. The molecule has 0 aliphatic rings. The van der Waals surface area contributed by atoms with Gasteiger partial charge in [-0.05, 0) is 25.1 Å². The van der Waals surface area contributed by atoms with Gasteiger partial charge in [0.25, 0.3) is 0 Å². The molecule has 3 N–H and O–H groups in total.